The van der Waals surface area contributed by atoms with Gasteiger partial charge in [-0.2, -0.15) is 0 Å². The van der Waals surface area contributed by atoms with Crippen LogP contribution in [0.3, 0.4) is 0 Å². The van der Waals surface area contributed by atoms with E-state index in [9.17, 15) is 5.11 Å². The zero-order chi connectivity index (χ0) is 10.4. The van der Waals surface area contributed by atoms with Crippen LogP contribution in [0.1, 0.15) is 23.3 Å². The average molecular weight is 201 g/mol. The molecular weight excluding hydrogens is 186 g/mol. The Morgan fingerprint density at radius 3 is 2.80 bits per heavy atom. The Kier molecular flexibility index (Phi) is 1.94. The summed E-state index contributed by atoms with van der Waals surface area (Å²) in [7, 11) is 2.12. The Labute approximate surface area is 89.8 Å². The van der Waals surface area contributed by atoms with Gasteiger partial charge in [0.15, 0.2) is 0 Å². The number of aliphatic hydroxyl groups excluding tert-OH is 1. The van der Waals surface area contributed by atoms with Gasteiger partial charge in [0.1, 0.15) is 0 Å². The Bertz CT molecular complexity index is 413. The van der Waals surface area contributed by atoms with E-state index in [4.69, 9.17) is 0 Å². The molecule has 1 aliphatic carbocycles. The van der Waals surface area contributed by atoms with E-state index in [0.29, 0.717) is 6.04 Å². The summed E-state index contributed by atoms with van der Waals surface area (Å²) in [4.78, 5) is 2.31. The molecule has 1 heterocycles. The SMILES string of the molecule is CN1CC=CC2C(O)c3ccccc3C21. The molecule has 3 unspecified atom stereocenters. The molecule has 2 aliphatic rings. The van der Waals surface area contributed by atoms with E-state index in [2.05, 4.69) is 36.2 Å². The Morgan fingerprint density at radius 2 is 2.00 bits per heavy atom. The van der Waals surface area contributed by atoms with Gasteiger partial charge in [0, 0.05) is 18.5 Å². The van der Waals surface area contributed by atoms with Gasteiger partial charge in [-0.3, -0.25) is 4.90 Å². The molecule has 3 rings (SSSR count). The molecule has 0 amide bonds. The van der Waals surface area contributed by atoms with Gasteiger partial charge in [-0.05, 0) is 18.2 Å². The van der Waals surface area contributed by atoms with Gasteiger partial charge in [0.2, 0.25) is 0 Å². The highest BCUT2D eigenvalue weighted by Crippen LogP contribution is 2.48. The first-order valence-corrected chi connectivity index (χ1v) is 5.43. The molecule has 0 bridgehead atoms. The second-order valence-electron chi connectivity index (χ2n) is 4.46. The Balaban J connectivity index is 2.14. The van der Waals surface area contributed by atoms with E-state index in [1.54, 1.807) is 0 Å². The first-order chi connectivity index (χ1) is 7.29. The number of rotatable bonds is 0. The third-order valence-corrected chi connectivity index (χ3v) is 3.59. The summed E-state index contributed by atoms with van der Waals surface area (Å²) in [5.41, 5.74) is 2.40. The highest BCUT2D eigenvalue weighted by Gasteiger charge is 2.41. The molecule has 0 fully saturated rings. The molecule has 0 aromatic heterocycles. The molecule has 0 radical (unpaired) electrons. The van der Waals surface area contributed by atoms with Gasteiger partial charge in [-0.25, -0.2) is 0 Å². The first kappa shape index (κ1) is 9.13. The third kappa shape index (κ3) is 1.18. The van der Waals surface area contributed by atoms with Gasteiger partial charge in [-0.1, -0.05) is 36.4 Å². The number of hydrogen-bond acceptors (Lipinski definition) is 2. The highest BCUT2D eigenvalue weighted by atomic mass is 16.3. The van der Waals surface area contributed by atoms with Gasteiger partial charge in [0.05, 0.1) is 6.10 Å². The Hall–Kier alpha value is -1.12. The largest absolute Gasteiger partial charge is 0.388 e. The van der Waals surface area contributed by atoms with Crippen molar-refractivity contribution in [2.24, 2.45) is 5.92 Å². The lowest BCUT2D eigenvalue weighted by Crippen LogP contribution is -2.31. The van der Waals surface area contributed by atoms with Crippen LogP contribution in [0.15, 0.2) is 36.4 Å². The molecule has 1 aromatic carbocycles. The summed E-state index contributed by atoms with van der Waals surface area (Å²) in [6.07, 6.45) is 3.98. The van der Waals surface area contributed by atoms with Crippen molar-refractivity contribution in [3.63, 3.8) is 0 Å². The average Bonchev–Trinajstić information content (AvgIpc) is 2.55. The smallest absolute Gasteiger partial charge is 0.0874 e. The summed E-state index contributed by atoms with van der Waals surface area (Å²) in [5.74, 6) is 0.237. The van der Waals surface area contributed by atoms with Crippen LogP contribution in [0.25, 0.3) is 0 Å². The van der Waals surface area contributed by atoms with E-state index >= 15 is 0 Å². The lowest BCUT2D eigenvalue weighted by molar-refractivity contribution is 0.0915. The monoisotopic (exact) mass is 201 g/mol. The predicted octanol–water partition coefficient (Wildman–Crippen LogP) is 1.89. The number of fused-ring (bicyclic) bond motifs is 3. The summed E-state index contributed by atoms with van der Waals surface area (Å²) >= 11 is 0. The van der Waals surface area contributed by atoms with Crippen molar-refractivity contribution in [2.75, 3.05) is 13.6 Å². The van der Waals surface area contributed by atoms with Crippen molar-refractivity contribution < 1.29 is 5.11 Å². The quantitative estimate of drug-likeness (QED) is 0.648. The maximum absolute atomic E-state index is 10.2. The summed E-state index contributed by atoms with van der Waals surface area (Å²) in [6.45, 7) is 0.974. The standard InChI is InChI=1S/C13H15NO/c1-14-8-4-7-11-12(14)9-5-2-3-6-10(9)13(11)15/h2-7,11-13,15H,8H2,1H3. The molecular formula is C13H15NO. The topological polar surface area (TPSA) is 23.5 Å². The van der Waals surface area contributed by atoms with Crippen molar-refractivity contribution in [3.05, 3.63) is 47.5 Å². The highest BCUT2D eigenvalue weighted by molar-refractivity contribution is 5.40. The van der Waals surface area contributed by atoms with Crippen LogP contribution in [-0.4, -0.2) is 23.6 Å². The van der Waals surface area contributed by atoms with Crippen molar-refractivity contribution >= 4 is 0 Å². The molecule has 1 aliphatic heterocycles. The minimum Gasteiger partial charge on any atom is -0.388 e. The molecule has 78 valence electrons. The summed E-state index contributed by atoms with van der Waals surface area (Å²) in [6, 6.07) is 8.60. The molecule has 15 heavy (non-hydrogen) atoms. The minimum atomic E-state index is -0.329. The van der Waals surface area contributed by atoms with Crippen molar-refractivity contribution in [1.82, 2.24) is 4.90 Å². The van der Waals surface area contributed by atoms with Crippen LogP contribution in [-0.2, 0) is 0 Å². The second-order valence-corrected chi connectivity index (χ2v) is 4.46. The van der Waals surface area contributed by atoms with Gasteiger partial charge < -0.3 is 5.11 Å². The minimum absolute atomic E-state index is 0.237. The van der Waals surface area contributed by atoms with Crippen molar-refractivity contribution in [1.29, 1.82) is 0 Å². The van der Waals surface area contributed by atoms with Crippen LogP contribution in [0.4, 0.5) is 0 Å². The van der Waals surface area contributed by atoms with E-state index in [0.717, 1.165) is 12.1 Å². The molecule has 1 N–H and O–H groups in total. The van der Waals surface area contributed by atoms with Gasteiger partial charge in [-0.15, -0.1) is 0 Å². The molecule has 0 saturated carbocycles. The van der Waals surface area contributed by atoms with Gasteiger partial charge in [0.25, 0.3) is 0 Å². The maximum Gasteiger partial charge on any atom is 0.0874 e. The second kappa shape index (κ2) is 3.19. The van der Waals surface area contributed by atoms with Crippen molar-refractivity contribution in [3.8, 4) is 0 Å². The Morgan fingerprint density at radius 1 is 1.27 bits per heavy atom. The molecule has 2 nitrogen and oxygen atoms in total. The summed E-state index contributed by atoms with van der Waals surface area (Å²) in [5, 5.41) is 10.2. The van der Waals surface area contributed by atoms with Gasteiger partial charge >= 0.3 is 0 Å². The molecule has 2 heteroatoms. The predicted molar refractivity (Wildman–Crippen MR) is 59.4 cm³/mol. The molecule has 3 atom stereocenters. The maximum atomic E-state index is 10.2. The number of hydrogen-bond donors (Lipinski definition) is 1. The fraction of sp³-hybridized carbons (Fsp3) is 0.385. The fourth-order valence-electron chi connectivity index (χ4n) is 2.88. The van der Waals surface area contributed by atoms with E-state index < -0.39 is 0 Å². The van der Waals surface area contributed by atoms with E-state index in [1.807, 2.05) is 12.1 Å². The summed E-state index contributed by atoms with van der Waals surface area (Å²) < 4.78 is 0. The number of benzene rings is 1. The molecule has 0 spiro atoms. The zero-order valence-corrected chi connectivity index (χ0v) is 8.80. The van der Waals surface area contributed by atoms with E-state index in [1.165, 1.54) is 5.56 Å². The number of likely N-dealkylation sites (N-methyl/N-ethyl adjacent to an activating group) is 1. The lowest BCUT2D eigenvalue weighted by Gasteiger charge is -2.32. The van der Waals surface area contributed by atoms with Crippen LogP contribution < -0.4 is 0 Å². The first-order valence-electron chi connectivity index (χ1n) is 5.43. The van der Waals surface area contributed by atoms with E-state index in [-0.39, 0.29) is 12.0 Å². The third-order valence-electron chi connectivity index (χ3n) is 3.59. The normalized spacial score (nSPS) is 33.9. The van der Waals surface area contributed by atoms with Crippen LogP contribution in [0, 0.1) is 5.92 Å². The fourth-order valence-corrected chi connectivity index (χ4v) is 2.88. The zero-order valence-electron chi connectivity index (χ0n) is 8.80. The number of aliphatic hydroxyl groups is 1. The molecule has 0 saturated heterocycles. The van der Waals surface area contributed by atoms with Crippen LogP contribution >= 0.6 is 0 Å². The van der Waals surface area contributed by atoms with Crippen LogP contribution in [0.5, 0.6) is 0 Å². The molecule has 1 aromatic rings. The van der Waals surface area contributed by atoms with Crippen molar-refractivity contribution in [2.45, 2.75) is 12.1 Å². The lowest BCUT2D eigenvalue weighted by atomic mass is 9.94. The van der Waals surface area contributed by atoms with Crippen LogP contribution in [0.2, 0.25) is 0 Å². The number of nitrogens with zero attached hydrogens (tertiary/aromatic N) is 1.